The summed E-state index contributed by atoms with van der Waals surface area (Å²) in [5, 5.41) is 3.55. The van der Waals surface area contributed by atoms with Crippen LogP contribution in [0.5, 0.6) is 0 Å². The van der Waals surface area contributed by atoms with Crippen molar-refractivity contribution < 1.29 is 22.4 Å². The number of hydrogen-bond acceptors (Lipinski definition) is 4. The SMILES string of the molecule is CS(=O)(=O)N(CC(=O)N(Cc1ccc(F)cc1)[C@H](Cc1ccccc1)C(=O)NC1CCCCC1)c1cc(Cl)cc(Cl)c1. The fraction of sp³-hybridized carbons (Fsp3) is 0.355. The zero-order chi connectivity index (χ0) is 30.3. The third-order valence-electron chi connectivity index (χ3n) is 7.30. The first-order valence-electron chi connectivity index (χ1n) is 13.8. The third-order valence-corrected chi connectivity index (χ3v) is 8.88. The monoisotopic (exact) mass is 633 g/mol. The van der Waals surface area contributed by atoms with Crippen molar-refractivity contribution in [3.8, 4) is 0 Å². The largest absolute Gasteiger partial charge is 0.352 e. The average Bonchev–Trinajstić information content (AvgIpc) is 2.94. The van der Waals surface area contributed by atoms with Crippen LogP contribution in [0.4, 0.5) is 10.1 Å². The predicted molar refractivity (Wildman–Crippen MR) is 165 cm³/mol. The van der Waals surface area contributed by atoms with E-state index in [4.69, 9.17) is 23.2 Å². The quantitative estimate of drug-likeness (QED) is 0.281. The lowest BCUT2D eigenvalue weighted by Crippen LogP contribution is -2.55. The molecule has 0 aliphatic heterocycles. The number of carbonyl (C=O) groups is 2. The maximum absolute atomic E-state index is 14.1. The van der Waals surface area contributed by atoms with E-state index in [1.807, 2.05) is 30.3 Å². The van der Waals surface area contributed by atoms with Crippen LogP contribution in [0.15, 0.2) is 72.8 Å². The van der Waals surface area contributed by atoms with E-state index in [9.17, 15) is 22.4 Å². The maximum Gasteiger partial charge on any atom is 0.244 e. The number of sulfonamides is 1. The Kier molecular flexibility index (Phi) is 10.9. The second-order valence-corrected chi connectivity index (χ2v) is 13.4. The van der Waals surface area contributed by atoms with E-state index in [2.05, 4.69) is 5.32 Å². The molecular formula is C31H34Cl2FN3O4S. The number of halogens is 3. The van der Waals surface area contributed by atoms with Crippen LogP contribution in [0.3, 0.4) is 0 Å². The number of carbonyl (C=O) groups excluding carboxylic acids is 2. The van der Waals surface area contributed by atoms with Gasteiger partial charge in [-0.05, 0) is 54.3 Å². The highest BCUT2D eigenvalue weighted by atomic mass is 35.5. The van der Waals surface area contributed by atoms with E-state index in [1.54, 1.807) is 12.1 Å². The van der Waals surface area contributed by atoms with Crippen LogP contribution in [0.1, 0.15) is 43.2 Å². The van der Waals surface area contributed by atoms with Gasteiger partial charge in [0.15, 0.2) is 0 Å². The van der Waals surface area contributed by atoms with Gasteiger partial charge < -0.3 is 10.2 Å². The van der Waals surface area contributed by atoms with Crippen molar-refractivity contribution >= 4 is 50.7 Å². The summed E-state index contributed by atoms with van der Waals surface area (Å²) in [5.74, 6) is -1.37. The number of hydrogen-bond donors (Lipinski definition) is 1. The molecule has 4 rings (SSSR count). The Bertz CT molecular complexity index is 1460. The second kappa shape index (κ2) is 14.4. The Morgan fingerprint density at radius 1 is 0.929 bits per heavy atom. The van der Waals surface area contributed by atoms with Crippen LogP contribution < -0.4 is 9.62 Å². The molecule has 224 valence electrons. The predicted octanol–water partition coefficient (Wildman–Crippen LogP) is 5.99. The minimum absolute atomic E-state index is 0.00610. The highest BCUT2D eigenvalue weighted by Gasteiger charge is 2.34. The van der Waals surface area contributed by atoms with E-state index < -0.39 is 34.3 Å². The van der Waals surface area contributed by atoms with Gasteiger partial charge in [0.1, 0.15) is 18.4 Å². The lowest BCUT2D eigenvalue weighted by molar-refractivity contribution is -0.140. The average molecular weight is 635 g/mol. The van der Waals surface area contributed by atoms with Gasteiger partial charge in [-0.3, -0.25) is 13.9 Å². The van der Waals surface area contributed by atoms with Gasteiger partial charge in [-0.25, -0.2) is 12.8 Å². The van der Waals surface area contributed by atoms with Gasteiger partial charge in [-0.2, -0.15) is 0 Å². The summed E-state index contributed by atoms with van der Waals surface area (Å²) < 4.78 is 40.5. The van der Waals surface area contributed by atoms with Crippen LogP contribution >= 0.6 is 23.2 Å². The Morgan fingerprint density at radius 2 is 1.55 bits per heavy atom. The first-order chi connectivity index (χ1) is 20.0. The molecule has 1 N–H and O–H groups in total. The summed E-state index contributed by atoms with van der Waals surface area (Å²) in [6.45, 7) is -0.638. The molecule has 11 heteroatoms. The maximum atomic E-state index is 14.1. The van der Waals surface area contributed by atoms with E-state index in [1.165, 1.54) is 35.2 Å². The van der Waals surface area contributed by atoms with Gasteiger partial charge >= 0.3 is 0 Å². The van der Waals surface area contributed by atoms with Crippen LogP contribution in [-0.4, -0.2) is 50.0 Å². The molecule has 42 heavy (non-hydrogen) atoms. The molecule has 0 saturated heterocycles. The minimum Gasteiger partial charge on any atom is -0.352 e. The van der Waals surface area contributed by atoms with E-state index in [0.29, 0.717) is 5.56 Å². The van der Waals surface area contributed by atoms with E-state index in [0.717, 1.165) is 48.2 Å². The molecule has 1 atom stereocenters. The number of nitrogens with zero attached hydrogens (tertiary/aromatic N) is 2. The van der Waals surface area contributed by atoms with E-state index >= 15 is 0 Å². The molecule has 0 aromatic heterocycles. The number of amides is 2. The summed E-state index contributed by atoms with van der Waals surface area (Å²) in [5.41, 5.74) is 1.54. The van der Waals surface area contributed by atoms with Crippen molar-refractivity contribution in [3.63, 3.8) is 0 Å². The molecular weight excluding hydrogens is 600 g/mol. The van der Waals surface area contributed by atoms with Crippen molar-refractivity contribution in [2.75, 3.05) is 17.1 Å². The zero-order valence-corrected chi connectivity index (χ0v) is 25.6. The van der Waals surface area contributed by atoms with Crippen molar-refractivity contribution in [2.24, 2.45) is 0 Å². The molecule has 7 nitrogen and oxygen atoms in total. The molecule has 0 spiro atoms. The normalized spacial score (nSPS) is 14.7. The molecule has 1 saturated carbocycles. The molecule has 0 heterocycles. The molecule has 1 fully saturated rings. The first-order valence-corrected chi connectivity index (χ1v) is 16.4. The number of anilines is 1. The van der Waals surface area contributed by atoms with Crippen molar-refractivity contribution in [1.82, 2.24) is 10.2 Å². The molecule has 1 aliphatic rings. The minimum atomic E-state index is -3.97. The molecule has 3 aromatic carbocycles. The van der Waals surface area contributed by atoms with E-state index in [-0.39, 0.29) is 40.6 Å². The fourth-order valence-corrected chi connectivity index (χ4v) is 6.53. The van der Waals surface area contributed by atoms with Gasteiger partial charge in [0.2, 0.25) is 21.8 Å². The standard InChI is InChI=1S/C31H34Cl2FN3O4S/c1-42(40,41)37(28-18-24(32)17-25(33)19-28)21-30(38)36(20-23-12-14-26(34)15-13-23)29(16-22-8-4-2-5-9-22)31(39)35-27-10-6-3-7-11-27/h2,4-5,8-9,12-15,17-19,27,29H,3,6-7,10-11,16,20-21H2,1H3,(H,35,39)/t29-/m1/s1. The summed E-state index contributed by atoms with van der Waals surface area (Å²) in [6, 6.07) is 18.3. The van der Waals surface area contributed by atoms with Gasteiger partial charge in [0.05, 0.1) is 11.9 Å². The van der Waals surface area contributed by atoms with Gasteiger partial charge in [0, 0.05) is 29.1 Å². The van der Waals surface area contributed by atoms with Crippen molar-refractivity contribution in [1.29, 1.82) is 0 Å². The molecule has 1 aliphatic carbocycles. The lowest BCUT2D eigenvalue weighted by atomic mass is 9.94. The third kappa shape index (κ3) is 8.93. The van der Waals surface area contributed by atoms with Crippen LogP contribution in [0, 0.1) is 5.82 Å². The topological polar surface area (TPSA) is 86.8 Å². The summed E-state index contributed by atoms with van der Waals surface area (Å²) >= 11 is 12.3. The highest BCUT2D eigenvalue weighted by molar-refractivity contribution is 7.92. The van der Waals surface area contributed by atoms with Crippen LogP contribution in [-0.2, 0) is 32.6 Å². The number of benzene rings is 3. The Labute approximate surface area is 256 Å². The molecule has 2 amide bonds. The lowest BCUT2D eigenvalue weighted by Gasteiger charge is -2.35. The molecule has 3 aromatic rings. The van der Waals surface area contributed by atoms with Crippen LogP contribution in [0.25, 0.3) is 0 Å². The van der Waals surface area contributed by atoms with Gasteiger partial charge in [-0.15, -0.1) is 0 Å². The van der Waals surface area contributed by atoms with Crippen molar-refractivity contribution in [2.45, 2.75) is 57.2 Å². The second-order valence-electron chi connectivity index (χ2n) is 10.6. The molecule has 0 bridgehead atoms. The smallest absolute Gasteiger partial charge is 0.244 e. The van der Waals surface area contributed by atoms with Crippen LogP contribution in [0.2, 0.25) is 10.0 Å². The Hall–Kier alpha value is -3.14. The molecule has 0 unspecified atom stereocenters. The number of rotatable bonds is 11. The zero-order valence-electron chi connectivity index (χ0n) is 23.3. The first kappa shape index (κ1) is 31.8. The summed E-state index contributed by atoms with van der Waals surface area (Å²) in [4.78, 5) is 29.4. The fourth-order valence-electron chi connectivity index (χ4n) is 5.18. The Balaban J connectivity index is 1.73. The van der Waals surface area contributed by atoms with Crippen molar-refractivity contribution in [3.05, 3.63) is 99.8 Å². The Morgan fingerprint density at radius 3 is 2.14 bits per heavy atom. The van der Waals surface area contributed by atoms with Gasteiger partial charge in [0.25, 0.3) is 0 Å². The highest BCUT2D eigenvalue weighted by Crippen LogP contribution is 2.28. The number of nitrogens with one attached hydrogen (secondary N) is 1. The van der Waals surface area contributed by atoms with Gasteiger partial charge in [-0.1, -0.05) is 84.9 Å². The summed E-state index contributed by atoms with van der Waals surface area (Å²) in [7, 11) is -3.97. The summed E-state index contributed by atoms with van der Waals surface area (Å²) in [6.07, 6.45) is 6.03. The molecule has 0 radical (unpaired) electrons.